The summed E-state index contributed by atoms with van der Waals surface area (Å²) in [7, 11) is 0. The van der Waals surface area contributed by atoms with Crippen molar-refractivity contribution in [3.8, 4) is 0 Å². The molecule has 3 rings (SSSR count). The number of anilines is 1. The fourth-order valence-corrected chi connectivity index (χ4v) is 3.67. The molecule has 3 heterocycles. The highest BCUT2D eigenvalue weighted by molar-refractivity contribution is 5.89. The van der Waals surface area contributed by atoms with Crippen molar-refractivity contribution in [2.45, 2.75) is 52.0 Å². The number of carbonyl (C=O) groups excluding carboxylic acids is 2. The van der Waals surface area contributed by atoms with Crippen LogP contribution in [0, 0.1) is 5.92 Å². The van der Waals surface area contributed by atoms with Gasteiger partial charge in [-0.25, -0.2) is 9.48 Å². The summed E-state index contributed by atoms with van der Waals surface area (Å²) in [6.07, 6.45) is 7.79. The molecule has 3 amide bonds. The number of aryl methyl sites for hydroxylation is 1. The largest absolute Gasteiger partial charge is 0.342 e. The molecule has 1 aromatic rings. The van der Waals surface area contributed by atoms with E-state index < -0.39 is 0 Å². The molecular formula is C18H29N5O2. The number of aromatic nitrogens is 2. The predicted octanol–water partition coefficient (Wildman–Crippen LogP) is 2.55. The van der Waals surface area contributed by atoms with Crippen LogP contribution in [-0.2, 0) is 11.3 Å². The van der Waals surface area contributed by atoms with Gasteiger partial charge < -0.3 is 9.80 Å². The topological polar surface area (TPSA) is 70.5 Å². The van der Waals surface area contributed by atoms with E-state index in [1.54, 1.807) is 11.1 Å². The third kappa shape index (κ3) is 4.32. The lowest BCUT2D eigenvalue weighted by Gasteiger charge is -2.33. The van der Waals surface area contributed by atoms with E-state index in [2.05, 4.69) is 17.3 Å². The van der Waals surface area contributed by atoms with Crippen molar-refractivity contribution in [1.29, 1.82) is 0 Å². The molecule has 2 aliphatic heterocycles. The Hall–Kier alpha value is -2.05. The number of carbonyl (C=O) groups is 2. The number of rotatable bonds is 5. The summed E-state index contributed by atoms with van der Waals surface area (Å²) < 4.78 is 1.83. The van der Waals surface area contributed by atoms with Crippen molar-refractivity contribution in [3.63, 3.8) is 0 Å². The molecule has 7 nitrogen and oxygen atoms in total. The maximum atomic E-state index is 12.6. The van der Waals surface area contributed by atoms with E-state index in [1.165, 1.54) is 0 Å². The van der Waals surface area contributed by atoms with E-state index in [1.807, 2.05) is 15.6 Å². The second-order valence-electron chi connectivity index (χ2n) is 7.04. The molecular weight excluding hydrogens is 318 g/mol. The highest BCUT2D eigenvalue weighted by atomic mass is 16.2. The lowest BCUT2D eigenvalue weighted by atomic mass is 9.97. The molecule has 0 radical (unpaired) electrons. The molecule has 0 spiro atoms. The molecule has 0 bridgehead atoms. The van der Waals surface area contributed by atoms with Gasteiger partial charge in [0, 0.05) is 38.8 Å². The lowest BCUT2D eigenvalue weighted by molar-refractivity contribution is -0.135. The van der Waals surface area contributed by atoms with Crippen LogP contribution in [0.25, 0.3) is 0 Å². The Morgan fingerprint density at radius 2 is 1.96 bits per heavy atom. The van der Waals surface area contributed by atoms with Gasteiger partial charge in [-0.3, -0.25) is 10.1 Å². The van der Waals surface area contributed by atoms with Gasteiger partial charge >= 0.3 is 6.03 Å². The van der Waals surface area contributed by atoms with Crippen LogP contribution in [0.2, 0.25) is 0 Å². The fraction of sp³-hybridized carbons (Fsp3) is 0.722. The summed E-state index contributed by atoms with van der Waals surface area (Å²) in [5.74, 6) is 0.900. The van der Waals surface area contributed by atoms with Gasteiger partial charge in [-0.1, -0.05) is 13.3 Å². The minimum atomic E-state index is -0.128. The maximum Gasteiger partial charge on any atom is 0.323 e. The summed E-state index contributed by atoms with van der Waals surface area (Å²) in [5, 5.41) is 7.23. The average Bonchev–Trinajstić information content (AvgIpc) is 3.31. The standard InChI is InChI=1S/C18H29N5O2/c1-2-3-13-23-16(8-9-19-23)20-18(25)22-12-6-7-15(14-22)17(24)21-10-4-5-11-21/h8-9,15H,2-7,10-14H2,1H3,(H,20,25). The maximum absolute atomic E-state index is 12.6. The Morgan fingerprint density at radius 1 is 1.20 bits per heavy atom. The first-order valence-electron chi connectivity index (χ1n) is 9.55. The van der Waals surface area contributed by atoms with Crippen molar-refractivity contribution in [2.75, 3.05) is 31.5 Å². The molecule has 0 aromatic carbocycles. The number of likely N-dealkylation sites (tertiary alicyclic amines) is 2. The van der Waals surface area contributed by atoms with Gasteiger partial charge in [-0.2, -0.15) is 5.10 Å². The van der Waals surface area contributed by atoms with E-state index in [0.29, 0.717) is 13.1 Å². The molecule has 25 heavy (non-hydrogen) atoms. The summed E-state index contributed by atoms with van der Waals surface area (Å²) in [5.41, 5.74) is 0. The molecule has 1 aromatic heterocycles. The minimum absolute atomic E-state index is 0.0531. The van der Waals surface area contributed by atoms with Crippen molar-refractivity contribution in [2.24, 2.45) is 5.92 Å². The number of unbranched alkanes of at least 4 members (excludes halogenated alkanes) is 1. The van der Waals surface area contributed by atoms with E-state index in [4.69, 9.17) is 0 Å². The van der Waals surface area contributed by atoms with Crippen LogP contribution in [0.15, 0.2) is 12.3 Å². The van der Waals surface area contributed by atoms with Crippen molar-refractivity contribution in [3.05, 3.63) is 12.3 Å². The summed E-state index contributed by atoms with van der Waals surface area (Å²) in [4.78, 5) is 29.0. The van der Waals surface area contributed by atoms with Crippen LogP contribution >= 0.6 is 0 Å². The normalized spacial score (nSPS) is 20.8. The van der Waals surface area contributed by atoms with Gasteiger partial charge in [-0.05, 0) is 32.1 Å². The molecule has 7 heteroatoms. The van der Waals surface area contributed by atoms with Crippen LogP contribution in [-0.4, -0.2) is 57.7 Å². The quantitative estimate of drug-likeness (QED) is 0.890. The van der Waals surface area contributed by atoms with Crippen LogP contribution in [0.3, 0.4) is 0 Å². The number of nitrogens with zero attached hydrogens (tertiary/aromatic N) is 4. The molecule has 1 N–H and O–H groups in total. The molecule has 0 aliphatic carbocycles. The first-order valence-corrected chi connectivity index (χ1v) is 9.55. The lowest BCUT2D eigenvalue weighted by Crippen LogP contribution is -2.47. The Morgan fingerprint density at radius 3 is 2.72 bits per heavy atom. The van der Waals surface area contributed by atoms with E-state index >= 15 is 0 Å². The van der Waals surface area contributed by atoms with Gasteiger partial charge in [0.25, 0.3) is 0 Å². The third-order valence-corrected chi connectivity index (χ3v) is 5.15. The second kappa shape index (κ2) is 8.36. The van der Waals surface area contributed by atoms with Crippen molar-refractivity contribution < 1.29 is 9.59 Å². The van der Waals surface area contributed by atoms with E-state index in [-0.39, 0.29) is 17.9 Å². The summed E-state index contributed by atoms with van der Waals surface area (Å²) >= 11 is 0. The van der Waals surface area contributed by atoms with Gasteiger partial charge in [-0.15, -0.1) is 0 Å². The van der Waals surface area contributed by atoms with Crippen molar-refractivity contribution >= 4 is 17.8 Å². The first kappa shape index (κ1) is 17.8. The second-order valence-corrected chi connectivity index (χ2v) is 7.04. The number of urea groups is 1. The van der Waals surface area contributed by atoms with Crippen molar-refractivity contribution in [1.82, 2.24) is 19.6 Å². The zero-order valence-electron chi connectivity index (χ0n) is 15.1. The number of hydrogen-bond acceptors (Lipinski definition) is 3. The van der Waals surface area contributed by atoms with Gasteiger partial charge in [0.2, 0.25) is 5.91 Å². The highest BCUT2D eigenvalue weighted by Crippen LogP contribution is 2.22. The molecule has 2 aliphatic rings. The predicted molar refractivity (Wildman–Crippen MR) is 96.3 cm³/mol. The molecule has 1 unspecified atom stereocenters. The zero-order chi connectivity index (χ0) is 17.6. The average molecular weight is 347 g/mol. The Bertz CT molecular complexity index is 594. The molecule has 0 saturated carbocycles. The molecule has 2 saturated heterocycles. The fourth-order valence-electron chi connectivity index (χ4n) is 3.67. The van der Waals surface area contributed by atoms with Gasteiger partial charge in [0.15, 0.2) is 0 Å². The number of hydrogen-bond donors (Lipinski definition) is 1. The SMILES string of the molecule is CCCCn1nccc1NC(=O)N1CCCC(C(=O)N2CCCC2)C1. The number of piperidine rings is 1. The summed E-state index contributed by atoms with van der Waals surface area (Å²) in [6.45, 7) is 5.90. The number of nitrogens with one attached hydrogen (secondary N) is 1. The third-order valence-electron chi connectivity index (χ3n) is 5.15. The van der Waals surface area contributed by atoms with Crippen LogP contribution in [0.4, 0.5) is 10.6 Å². The summed E-state index contributed by atoms with van der Waals surface area (Å²) in [6, 6.07) is 1.70. The molecule has 1 atom stereocenters. The van der Waals surface area contributed by atoms with Crippen LogP contribution in [0.1, 0.15) is 45.4 Å². The Labute approximate surface area is 149 Å². The monoisotopic (exact) mass is 347 g/mol. The smallest absolute Gasteiger partial charge is 0.323 e. The highest BCUT2D eigenvalue weighted by Gasteiger charge is 2.32. The van der Waals surface area contributed by atoms with Gasteiger partial charge in [0.1, 0.15) is 5.82 Å². The van der Waals surface area contributed by atoms with E-state index in [9.17, 15) is 9.59 Å². The van der Waals surface area contributed by atoms with E-state index in [0.717, 1.165) is 64.0 Å². The number of amides is 3. The Kier molecular flexibility index (Phi) is 5.94. The zero-order valence-corrected chi connectivity index (χ0v) is 15.1. The Balaban J connectivity index is 1.56. The first-order chi connectivity index (χ1) is 12.2. The van der Waals surface area contributed by atoms with Gasteiger partial charge in [0.05, 0.1) is 12.1 Å². The molecule has 138 valence electrons. The van der Waals surface area contributed by atoms with Crippen LogP contribution in [0.5, 0.6) is 0 Å². The minimum Gasteiger partial charge on any atom is -0.342 e. The molecule has 2 fully saturated rings. The van der Waals surface area contributed by atoms with Crippen LogP contribution < -0.4 is 5.32 Å².